The molecule has 1 aromatic rings. The second-order valence-corrected chi connectivity index (χ2v) is 4.61. The molecule has 1 heterocycles. The number of nitrogens with one attached hydrogen (secondary N) is 1. The standard InChI is InChI=1S/C13H18N2O3/c16-15(17)13-3-1-11(2-4-13)6-8-18-10-12-5-7-14-9-12/h1-4,12,14H,5-10H2. The van der Waals surface area contributed by atoms with E-state index in [0.717, 1.165) is 31.7 Å². The molecule has 0 radical (unpaired) electrons. The predicted octanol–water partition coefficient (Wildman–Crippen LogP) is 1.76. The quantitative estimate of drug-likeness (QED) is 0.474. The van der Waals surface area contributed by atoms with Crippen molar-refractivity contribution in [3.8, 4) is 0 Å². The lowest BCUT2D eigenvalue weighted by Crippen LogP contribution is -2.14. The molecule has 2 rings (SSSR count). The van der Waals surface area contributed by atoms with Crippen molar-refractivity contribution in [1.29, 1.82) is 0 Å². The molecule has 18 heavy (non-hydrogen) atoms. The van der Waals surface area contributed by atoms with Crippen LogP contribution in [0.4, 0.5) is 5.69 Å². The van der Waals surface area contributed by atoms with Crippen LogP contribution in [0.1, 0.15) is 12.0 Å². The average Bonchev–Trinajstić information content (AvgIpc) is 2.88. The Bertz CT molecular complexity index is 386. The van der Waals surface area contributed by atoms with Gasteiger partial charge in [0.05, 0.1) is 18.1 Å². The summed E-state index contributed by atoms with van der Waals surface area (Å²) in [5, 5.41) is 13.8. The van der Waals surface area contributed by atoms with Crippen molar-refractivity contribution < 1.29 is 9.66 Å². The first kappa shape index (κ1) is 13.0. The molecule has 0 saturated carbocycles. The molecule has 1 fully saturated rings. The summed E-state index contributed by atoms with van der Waals surface area (Å²) in [4.78, 5) is 10.1. The van der Waals surface area contributed by atoms with Crippen LogP contribution in [-0.2, 0) is 11.2 Å². The Hall–Kier alpha value is -1.46. The minimum Gasteiger partial charge on any atom is -0.381 e. The molecule has 1 saturated heterocycles. The number of nitro groups is 1. The van der Waals surface area contributed by atoms with Crippen LogP contribution in [-0.4, -0.2) is 31.2 Å². The first-order chi connectivity index (χ1) is 8.75. The van der Waals surface area contributed by atoms with Gasteiger partial charge in [-0.05, 0) is 30.9 Å². The van der Waals surface area contributed by atoms with E-state index in [2.05, 4.69) is 5.32 Å². The fraction of sp³-hybridized carbons (Fsp3) is 0.538. The van der Waals surface area contributed by atoms with E-state index in [9.17, 15) is 10.1 Å². The highest BCUT2D eigenvalue weighted by atomic mass is 16.6. The van der Waals surface area contributed by atoms with E-state index in [0.29, 0.717) is 12.5 Å². The normalized spacial score (nSPS) is 19.0. The van der Waals surface area contributed by atoms with Crippen molar-refractivity contribution in [1.82, 2.24) is 5.32 Å². The maximum absolute atomic E-state index is 10.5. The van der Waals surface area contributed by atoms with Crippen LogP contribution in [0.5, 0.6) is 0 Å². The van der Waals surface area contributed by atoms with Gasteiger partial charge in [0, 0.05) is 18.7 Å². The third-order valence-electron chi connectivity index (χ3n) is 3.20. The minimum absolute atomic E-state index is 0.136. The molecule has 0 aliphatic carbocycles. The maximum atomic E-state index is 10.5. The number of rotatable bonds is 6. The van der Waals surface area contributed by atoms with Crippen LogP contribution in [0.2, 0.25) is 0 Å². The van der Waals surface area contributed by atoms with Crippen LogP contribution in [0.3, 0.4) is 0 Å². The van der Waals surface area contributed by atoms with Crippen molar-refractivity contribution in [2.45, 2.75) is 12.8 Å². The zero-order valence-electron chi connectivity index (χ0n) is 10.3. The number of hydrogen-bond acceptors (Lipinski definition) is 4. The smallest absolute Gasteiger partial charge is 0.269 e. The van der Waals surface area contributed by atoms with E-state index < -0.39 is 0 Å². The van der Waals surface area contributed by atoms with Crippen LogP contribution in [0.15, 0.2) is 24.3 Å². The molecule has 1 aromatic carbocycles. The molecule has 5 heteroatoms. The summed E-state index contributed by atoms with van der Waals surface area (Å²) in [6, 6.07) is 6.66. The summed E-state index contributed by atoms with van der Waals surface area (Å²) in [5.74, 6) is 0.641. The van der Waals surface area contributed by atoms with Crippen molar-refractivity contribution in [2.75, 3.05) is 26.3 Å². The van der Waals surface area contributed by atoms with Crippen LogP contribution >= 0.6 is 0 Å². The summed E-state index contributed by atoms with van der Waals surface area (Å²) < 4.78 is 5.63. The molecule has 5 nitrogen and oxygen atoms in total. The number of ether oxygens (including phenoxy) is 1. The minimum atomic E-state index is -0.382. The number of hydrogen-bond donors (Lipinski definition) is 1. The summed E-state index contributed by atoms with van der Waals surface area (Å²) >= 11 is 0. The van der Waals surface area contributed by atoms with E-state index >= 15 is 0 Å². The van der Waals surface area contributed by atoms with Gasteiger partial charge < -0.3 is 10.1 Å². The van der Waals surface area contributed by atoms with Crippen LogP contribution in [0, 0.1) is 16.0 Å². The number of non-ortho nitro benzene ring substituents is 1. The molecule has 0 aromatic heterocycles. The molecule has 1 aliphatic heterocycles. The van der Waals surface area contributed by atoms with E-state index in [1.54, 1.807) is 12.1 Å². The van der Waals surface area contributed by atoms with Crippen molar-refractivity contribution in [3.05, 3.63) is 39.9 Å². The van der Waals surface area contributed by atoms with Crippen molar-refractivity contribution in [3.63, 3.8) is 0 Å². The Balaban J connectivity index is 1.68. The Morgan fingerprint density at radius 3 is 2.78 bits per heavy atom. The van der Waals surface area contributed by atoms with Gasteiger partial charge in [0.2, 0.25) is 0 Å². The van der Waals surface area contributed by atoms with Crippen molar-refractivity contribution >= 4 is 5.69 Å². The third-order valence-corrected chi connectivity index (χ3v) is 3.20. The van der Waals surface area contributed by atoms with Gasteiger partial charge in [-0.3, -0.25) is 10.1 Å². The van der Waals surface area contributed by atoms with Crippen molar-refractivity contribution in [2.24, 2.45) is 5.92 Å². The molecule has 1 atom stereocenters. The topological polar surface area (TPSA) is 64.4 Å². The maximum Gasteiger partial charge on any atom is 0.269 e. The first-order valence-corrected chi connectivity index (χ1v) is 6.27. The fourth-order valence-corrected chi connectivity index (χ4v) is 2.08. The Morgan fingerprint density at radius 2 is 2.17 bits per heavy atom. The second-order valence-electron chi connectivity index (χ2n) is 4.61. The summed E-state index contributed by atoms with van der Waals surface area (Å²) in [6.45, 7) is 3.63. The molecule has 1 unspecified atom stereocenters. The molecule has 0 amide bonds. The van der Waals surface area contributed by atoms with Crippen LogP contribution in [0.25, 0.3) is 0 Å². The number of nitrogens with zero attached hydrogens (tertiary/aromatic N) is 1. The molecule has 98 valence electrons. The lowest BCUT2D eigenvalue weighted by Gasteiger charge is -2.09. The molecular formula is C13H18N2O3. The van der Waals surface area contributed by atoms with Gasteiger partial charge >= 0.3 is 0 Å². The fourth-order valence-electron chi connectivity index (χ4n) is 2.08. The summed E-state index contributed by atoms with van der Waals surface area (Å²) in [7, 11) is 0. The Labute approximate surface area is 106 Å². The van der Waals surface area contributed by atoms with E-state index in [1.165, 1.54) is 18.6 Å². The van der Waals surface area contributed by atoms with Gasteiger partial charge in [-0.2, -0.15) is 0 Å². The number of benzene rings is 1. The number of nitro benzene ring substituents is 1. The SMILES string of the molecule is O=[N+]([O-])c1ccc(CCOCC2CCNC2)cc1. The highest BCUT2D eigenvalue weighted by molar-refractivity contribution is 5.32. The summed E-state index contributed by atoms with van der Waals surface area (Å²) in [5.41, 5.74) is 1.21. The van der Waals surface area contributed by atoms with E-state index in [-0.39, 0.29) is 10.6 Å². The lowest BCUT2D eigenvalue weighted by molar-refractivity contribution is -0.384. The third kappa shape index (κ3) is 3.78. The second kappa shape index (κ2) is 6.47. The Morgan fingerprint density at radius 1 is 1.39 bits per heavy atom. The highest BCUT2D eigenvalue weighted by Gasteiger charge is 2.13. The molecule has 1 N–H and O–H groups in total. The predicted molar refractivity (Wildman–Crippen MR) is 68.6 cm³/mol. The highest BCUT2D eigenvalue weighted by Crippen LogP contribution is 2.13. The zero-order chi connectivity index (χ0) is 12.8. The van der Waals surface area contributed by atoms with Gasteiger partial charge in [0.1, 0.15) is 0 Å². The molecule has 0 bridgehead atoms. The van der Waals surface area contributed by atoms with Gasteiger partial charge in [0.15, 0.2) is 0 Å². The molecule has 1 aliphatic rings. The molecular weight excluding hydrogens is 232 g/mol. The largest absolute Gasteiger partial charge is 0.381 e. The summed E-state index contributed by atoms with van der Waals surface area (Å²) in [6.07, 6.45) is 2.00. The van der Waals surface area contributed by atoms with Crippen LogP contribution < -0.4 is 5.32 Å². The zero-order valence-corrected chi connectivity index (χ0v) is 10.3. The first-order valence-electron chi connectivity index (χ1n) is 6.27. The van der Waals surface area contributed by atoms with Gasteiger partial charge in [-0.25, -0.2) is 0 Å². The monoisotopic (exact) mass is 250 g/mol. The van der Waals surface area contributed by atoms with E-state index in [1.807, 2.05) is 0 Å². The van der Waals surface area contributed by atoms with E-state index in [4.69, 9.17) is 4.74 Å². The van der Waals surface area contributed by atoms with Gasteiger partial charge in [-0.1, -0.05) is 12.1 Å². The lowest BCUT2D eigenvalue weighted by atomic mass is 10.1. The molecule has 0 spiro atoms. The Kier molecular flexibility index (Phi) is 4.66. The average molecular weight is 250 g/mol. The van der Waals surface area contributed by atoms with Gasteiger partial charge in [0.25, 0.3) is 5.69 Å². The van der Waals surface area contributed by atoms with Gasteiger partial charge in [-0.15, -0.1) is 0 Å².